The summed E-state index contributed by atoms with van der Waals surface area (Å²) < 4.78 is 5.32. The first kappa shape index (κ1) is 23.7. The van der Waals surface area contributed by atoms with Gasteiger partial charge in [-0.3, -0.25) is 9.80 Å². The lowest BCUT2D eigenvalue weighted by Crippen LogP contribution is -2.29. The van der Waals surface area contributed by atoms with Crippen molar-refractivity contribution in [2.75, 3.05) is 52.8 Å². The summed E-state index contributed by atoms with van der Waals surface area (Å²) in [5, 5.41) is 0. The number of ether oxygens (including phenoxy) is 1. The molecule has 0 saturated carbocycles. The minimum Gasteiger partial charge on any atom is -0.497 e. The third-order valence-electron chi connectivity index (χ3n) is 6.10. The second-order valence-electron chi connectivity index (χ2n) is 8.19. The van der Waals surface area contributed by atoms with Crippen LogP contribution in [0.1, 0.15) is 17.2 Å². The predicted octanol–water partition coefficient (Wildman–Crippen LogP) is 3.73. The maximum atomic E-state index is 5.32. The molecule has 1 aromatic carbocycles. The molecule has 4 rings (SSSR count). The summed E-state index contributed by atoms with van der Waals surface area (Å²) in [7, 11) is 8.04. The van der Waals surface area contributed by atoms with Crippen LogP contribution in [0.5, 0.6) is 5.75 Å². The highest BCUT2D eigenvalue weighted by Gasteiger charge is 2.45. The van der Waals surface area contributed by atoms with Gasteiger partial charge < -0.3 is 9.64 Å². The average Bonchev–Trinajstić information content (AvgIpc) is 3.18. The molecule has 0 spiro atoms. The van der Waals surface area contributed by atoms with Gasteiger partial charge in [0.2, 0.25) is 0 Å². The molecule has 1 aromatic heterocycles. The third kappa shape index (κ3) is 4.97. The Morgan fingerprint density at radius 1 is 1.03 bits per heavy atom. The van der Waals surface area contributed by atoms with E-state index in [0.717, 1.165) is 30.6 Å². The largest absolute Gasteiger partial charge is 0.497 e. The minimum absolute atomic E-state index is 0. The molecule has 5 nitrogen and oxygen atoms in total. The van der Waals surface area contributed by atoms with E-state index in [-0.39, 0.29) is 24.8 Å². The molecule has 0 radical (unpaired) electrons. The summed E-state index contributed by atoms with van der Waals surface area (Å²) in [4.78, 5) is 11.7. The number of aromatic nitrogens is 1. The van der Waals surface area contributed by atoms with E-state index < -0.39 is 0 Å². The smallest absolute Gasteiger partial charge is 0.127 e. The van der Waals surface area contributed by atoms with Gasteiger partial charge in [0.1, 0.15) is 11.6 Å². The van der Waals surface area contributed by atoms with E-state index in [1.54, 1.807) is 7.11 Å². The molecule has 3 atom stereocenters. The standard InChI is InChI=1S/C22H30N4O.2ClH/c1-24(2)21-10-5-16(11-23-21)12-26-14-18-13-25(3)22(20(18)15-26)17-6-8-19(27-4)9-7-17;;/h5-11,18,20,22H,12-15H2,1-4H3;2*1H/t18-,20+,22+;;/m0../s1. The summed E-state index contributed by atoms with van der Waals surface area (Å²) in [5.74, 6) is 3.38. The molecule has 2 aliphatic rings. The molecular weight excluding hydrogens is 407 g/mol. The molecule has 0 aliphatic carbocycles. The van der Waals surface area contributed by atoms with Crippen LogP contribution >= 0.6 is 24.8 Å². The van der Waals surface area contributed by atoms with Crippen molar-refractivity contribution in [3.8, 4) is 5.75 Å². The molecule has 0 amide bonds. The number of benzene rings is 1. The second-order valence-corrected chi connectivity index (χ2v) is 8.19. The van der Waals surface area contributed by atoms with Crippen LogP contribution in [0.15, 0.2) is 42.6 Å². The minimum atomic E-state index is 0. The van der Waals surface area contributed by atoms with E-state index in [9.17, 15) is 0 Å². The van der Waals surface area contributed by atoms with Crippen LogP contribution in [0.2, 0.25) is 0 Å². The van der Waals surface area contributed by atoms with E-state index >= 15 is 0 Å². The van der Waals surface area contributed by atoms with E-state index in [1.807, 2.05) is 25.2 Å². The molecule has 2 aliphatic heterocycles. The fraction of sp³-hybridized carbons (Fsp3) is 0.500. The molecule has 160 valence electrons. The van der Waals surface area contributed by atoms with Gasteiger partial charge in [0.05, 0.1) is 7.11 Å². The Bertz CT molecular complexity index is 769. The molecule has 7 heteroatoms. The number of halogens is 2. The molecule has 29 heavy (non-hydrogen) atoms. The van der Waals surface area contributed by atoms with Crippen molar-refractivity contribution < 1.29 is 4.74 Å². The molecule has 3 heterocycles. The lowest BCUT2D eigenvalue weighted by atomic mass is 9.89. The summed E-state index contributed by atoms with van der Waals surface area (Å²) in [6, 6.07) is 13.5. The van der Waals surface area contributed by atoms with Gasteiger partial charge in [-0.2, -0.15) is 0 Å². The number of anilines is 1. The highest BCUT2D eigenvalue weighted by atomic mass is 35.5. The van der Waals surface area contributed by atoms with Gasteiger partial charge in [-0.05, 0) is 48.2 Å². The molecule has 2 aromatic rings. The zero-order valence-electron chi connectivity index (χ0n) is 17.6. The van der Waals surface area contributed by atoms with Crippen molar-refractivity contribution >= 4 is 30.6 Å². The Morgan fingerprint density at radius 3 is 2.34 bits per heavy atom. The van der Waals surface area contributed by atoms with E-state index in [1.165, 1.54) is 24.2 Å². The van der Waals surface area contributed by atoms with Crippen LogP contribution in [0.4, 0.5) is 5.82 Å². The van der Waals surface area contributed by atoms with E-state index in [0.29, 0.717) is 12.0 Å². The number of pyridine rings is 1. The predicted molar refractivity (Wildman–Crippen MR) is 124 cm³/mol. The van der Waals surface area contributed by atoms with Crippen LogP contribution in [0.25, 0.3) is 0 Å². The number of hydrogen-bond acceptors (Lipinski definition) is 5. The number of likely N-dealkylation sites (tertiary alicyclic amines) is 2. The molecular formula is C22H32Cl2N4O. The number of nitrogens with zero attached hydrogens (tertiary/aromatic N) is 4. The Morgan fingerprint density at radius 2 is 1.76 bits per heavy atom. The molecule has 0 N–H and O–H groups in total. The quantitative estimate of drug-likeness (QED) is 0.709. The fourth-order valence-corrected chi connectivity index (χ4v) is 4.81. The summed E-state index contributed by atoms with van der Waals surface area (Å²) in [6.07, 6.45) is 2.02. The lowest BCUT2D eigenvalue weighted by molar-refractivity contribution is 0.224. The van der Waals surface area contributed by atoms with Crippen LogP contribution in [-0.4, -0.2) is 62.7 Å². The normalized spacial score (nSPS) is 23.8. The van der Waals surface area contributed by atoms with Crippen molar-refractivity contribution in [1.82, 2.24) is 14.8 Å². The monoisotopic (exact) mass is 438 g/mol. The maximum Gasteiger partial charge on any atom is 0.127 e. The molecule has 0 unspecified atom stereocenters. The molecule has 0 bridgehead atoms. The lowest BCUT2D eigenvalue weighted by Gasteiger charge is -2.27. The van der Waals surface area contributed by atoms with Gasteiger partial charge in [0, 0.05) is 52.5 Å². The zero-order chi connectivity index (χ0) is 19.0. The zero-order valence-corrected chi connectivity index (χ0v) is 19.2. The number of rotatable bonds is 5. The molecule has 2 saturated heterocycles. The van der Waals surface area contributed by atoms with Gasteiger partial charge in [-0.1, -0.05) is 18.2 Å². The summed E-state index contributed by atoms with van der Waals surface area (Å²) >= 11 is 0. The summed E-state index contributed by atoms with van der Waals surface area (Å²) in [5.41, 5.74) is 2.71. The number of methoxy groups -OCH3 is 1. The van der Waals surface area contributed by atoms with Gasteiger partial charge >= 0.3 is 0 Å². The van der Waals surface area contributed by atoms with Gasteiger partial charge in [0.25, 0.3) is 0 Å². The van der Waals surface area contributed by atoms with Gasteiger partial charge in [-0.25, -0.2) is 4.98 Å². The topological polar surface area (TPSA) is 31.8 Å². The van der Waals surface area contributed by atoms with Crippen molar-refractivity contribution in [1.29, 1.82) is 0 Å². The van der Waals surface area contributed by atoms with Crippen LogP contribution in [0.3, 0.4) is 0 Å². The first-order chi connectivity index (χ1) is 13.0. The Labute approximate surface area is 186 Å². The fourth-order valence-electron chi connectivity index (χ4n) is 4.81. The summed E-state index contributed by atoms with van der Waals surface area (Å²) in [6.45, 7) is 4.50. The maximum absolute atomic E-state index is 5.32. The SMILES string of the molecule is COc1ccc([C@@H]2[C@@H]3CN(Cc4ccc(N(C)C)nc4)C[C@@H]3CN2C)cc1.Cl.Cl. The van der Waals surface area contributed by atoms with Crippen LogP contribution < -0.4 is 9.64 Å². The van der Waals surface area contributed by atoms with Crippen molar-refractivity contribution in [3.05, 3.63) is 53.7 Å². The van der Waals surface area contributed by atoms with Crippen molar-refractivity contribution in [3.63, 3.8) is 0 Å². The highest BCUT2D eigenvalue weighted by Crippen LogP contribution is 2.44. The average molecular weight is 439 g/mol. The first-order valence-electron chi connectivity index (χ1n) is 9.74. The molecule has 2 fully saturated rings. The van der Waals surface area contributed by atoms with Gasteiger partial charge in [-0.15, -0.1) is 24.8 Å². The Hall–Kier alpha value is -1.53. The van der Waals surface area contributed by atoms with Gasteiger partial charge in [0.15, 0.2) is 0 Å². The Balaban J connectivity index is 0.00000150. The van der Waals surface area contributed by atoms with E-state index in [4.69, 9.17) is 4.74 Å². The van der Waals surface area contributed by atoms with Crippen molar-refractivity contribution in [2.45, 2.75) is 12.6 Å². The Kier molecular flexibility index (Phi) is 8.18. The second kappa shape index (κ2) is 9.98. The van der Waals surface area contributed by atoms with E-state index in [2.05, 4.69) is 58.2 Å². The van der Waals surface area contributed by atoms with Crippen LogP contribution in [-0.2, 0) is 6.54 Å². The third-order valence-corrected chi connectivity index (χ3v) is 6.10. The van der Waals surface area contributed by atoms with Crippen LogP contribution in [0, 0.1) is 11.8 Å². The van der Waals surface area contributed by atoms with Crippen molar-refractivity contribution in [2.24, 2.45) is 11.8 Å². The number of fused-ring (bicyclic) bond motifs is 1. The first-order valence-corrected chi connectivity index (χ1v) is 9.74. The number of hydrogen-bond donors (Lipinski definition) is 0. The highest BCUT2D eigenvalue weighted by molar-refractivity contribution is 5.85.